The third-order valence-corrected chi connectivity index (χ3v) is 3.20. The van der Waals surface area contributed by atoms with E-state index in [0.29, 0.717) is 10.6 Å². The molecule has 0 N–H and O–H groups in total. The molecular formula is C15H13ClN2O4. The second kappa shape index (κ2) is 6.53. The second-order valence-electron chi connectivity index (χ2n) is 4.60. The number of hydrogen-bond acceptors (Lipinski definition) is 5. The van der Waals surface area contributed by atoms with Crippen LogP contribution in [0.5, 0.6) is 0 Å². The molecule has 6 nitrogen and oxygen atoms in total. The number of esters is 1. The number of rotatable bonds is 4. The molecule has 2 aromatic rings. The van der Waals surface area contributed by atoms with Crippen LogP contribution in [0.1, 0.15) is 27.8 Å². The maximum atomic E-state index is 12.1. The summed E-state index contributed by atoms with van der Waals surface area (Å²) in [4.78, 5) is 35.3. The fourth-order valence-corrected chi connectivity index (χ4v) is 1.86. The first-order valence-electron chi connectivity index (χ1n) is 6.43. The molecule has 0 radical (unpaired) electrons. The molecule has 1 aromatic heterocycles. The van der Waals surface area contributed by atoms with Gasteiger partial charge in [-0.15, -0.1) is 0 Å². The molecule has 0 amide bonds. The molecule has 1 aromatic carbocycles. The van der Waals surface area contributed by atoms with Crippen molar-refractivity contribution in [1.29, 1.82) is 0 Å². The summed E-state index contributed by atoms with van der Waals surface area (Å²) in [5.74, 6) is -1.12. The maximum absolute atomic E-state index is 12.1. The molecule has 114 valence electrons. The predicted molar refractivity (Wildman–Crippen MR) is 80.1 cm³/mol. The smallest absolute Gasteiger partial charge is 0.359 e. The Labute approximate surface area is 131 Å². The van der Waals surface area contributed by atoms with Crippen molar-refractivity contribution in [3.63, 3.8) is 0 Å². The second-order valence-corrected chi connectivity index (χ2v) is 5.04. The largest absolute Gasteiger partial charge is 0.449 e. The third-order valence-electron chi connectivity index (χ3n) is 2.95. The molecule has 2 rings (SSSR count). The van der Waals surface area contributed by atoms with Crippen molar-refractivity contribution in [3.8, 4) is 0 Å². The van der Waals surface area contributed by atoms with Crippen molar-refractivity contribution in [2.45, 2.75) is 13.0 Å². The average molecular weight is 321 g/mol. The highest BCUT2D eigenvalue weighted by molar-refractivity contribution is 6.30. The van der Waals surface area contributed by atoms with Crippen molar-refractivity contribution in [1.82, 2.24) is 9.78 Å². The summed E-state index contributed by atoms with van der Waals surface area (Å²) in [6.45, 7) is 1.47. The minimum Gasteiger partial charge on any atom is -0.449 e. The maximum Gasteiger partial charge on any atom is 0.359 e. The zero-order valence-corrected chi connectivity index (χ0v) is 12.7. The lowest BCUT2D eigenvalue weighted by Gasteiger charge is -2.12. The van der Waals surface area contributed by atoms with Gasteiger partial charge in [0.15, 0.2) is 11.8 Å². The van der Waals surface area contributed by atoms with Crippen molar-refractivity contribution in [2.24, 2.45) is 7.05 Å². The molecule has 1 atom stereocenters. The van der Waals surface area contributed by atoms with Crippen LogP contribution in [0, 0.1) is 0 Å². The van der Waals surface area contributed by atoms with Crippen LogP contribution in [0.4, 0.5) is 0 Å². The van der Waals surface area contributed by atoms with Gasteiger partial charge >= 0.3 is 5.97 Å². The van der Waals surface area contributed by atoms with Crippen LogP contribution >= 0.6 is 11.6 Å². The van der Waals surface area contributed by atoms with E-state index in [-0.39, 0.29) is 17.0 Å². The van der Waals surface area contributed by atoms with Gasteiger partial charge in [-0.05, 0) is 37.3 Å². The zero-order valence-electron chi connectivity index (χ0n) is 11.9. The highest BCUT2D eigenvalue weighted by Crippen LogP contribution is 2.13. The summed E-state index contributed by atoms with van der Waals surface area (Å²) in [5, 5.41) is 4.28. The van der Waals surface area contributed by atoms with Gasteiger partial charge in [0, 0.05) is 23.7 Å². The number of benzene rings is 1. The van der Waals surface area contributed by atoms with E-state index >= 15 is 0 Å². The van der Waals surface area contributed by atoms with Crippen molar-refractivity contribution >= 4 is 23.4 Å². The lowest BCUT2D eigenvalue weighted by Crippen LogP contribution is -2.27. The number of halogens is 1. The zero-order chi connectivity index (χ0) is 16.3. The van der Waals surface area contributed by atoms with E-state index in [1.165, 1.54) is 26.1 Å². The molecule has 1 heterocycles. The summed E-state index contributed by atoms with van der Waals surface area (Å²) in [5.41, 5.74) is -0.00202. The molecule has 22 heavy (non-hydrogen) atoms. The van der Waals surface area contributed by atoms with Gasteiger partial charge in [0.25, 0.3) is 5.56 Å². The number of hydrogen-bond donors (Lipinski definition) is 0. The minimum absolute atomic E-state index is 0.0437. The summed E-state index contributed by atoms with van der Waals surface area (Å²) in [6, 6.07) is 8.73. The Morgan fingerprint density at radius 1 is 1.18 bits per heavy atom. The average Bonchev–Trinajstić information content (AvgIpc) is 2.50. The summed E-state index contributed by atoms with van der Waals surface area (Å²) in [7, 11) is 1.42. The Kier molecular flexibility index (Phi) is 4.72. The van der Waals surface area contributed by atoms with Gasteiger partial charge < -0.3 is 4.74 Å². The predicted octanol–water partition coefficient (Wildman–Crippen LogP) is 1.86. The quantitative estimate of drug-likeness (QED) is 0.634. The van der Waals surface area contributed by atoms with E-state index in [0.717, 1.165) is 4.68 Å². The van der Waals surface area contributed by atoms with Gasteiger partial charge in [-0.2, -0.15) is 5.10 Å². The van der Waals surface area contributed by atoms with E-state index < -0.39 is 12.1 Å². The fraction of sp³-hybridized carbons (Fsp3) is 0.200. The van der Waals surface area contributed by atoms with Crippen LogP contribution in [0.3, 0.4) is 0 Å². The van der Waals surface area contributed by atoms with Gasteiger partial charge in [-0.3, -0.25) is 9.59 Å². The number of nitrogens with zero attached hydrogens (tertiary/aromatic N) is 2. The van der Waals surface area contributed by atoms with E-state index in [9.17, 15) is 14.4 Å². The van der Waals surface area contributed by atoms with E-state index in [1.54, 1.807) is 24.3 Å². The molecule has 0 aliphatic carbocycles. The van der Waals surface area contributed by atoms with Crippen LogP contribution in [0.15, 0.2) is 41.2 Å². The molecule has 0 fully saturated rings. The van der Waals surface area contributed by atoms with E-state index in [4.69, 9.17) is 16.3 Å². The van der Waals surface area contributed by atoms with Gasteiger partial charge in [-0.25, -0.2) is 9.48 Å². The molecule has 0 saturated heterocycles. The van der Waals surface area contributed by atoms with Crippen molar-refractivity contribution in [2.75, 3.05) is 0 Å². The minimum atomic E-state index is -0.979. The number of aromatic nitrogens is 2. The molecule has 0 aliphatic rings. The Morgan fingerprint density at radius 2 is 1.82 bits per heavy atom. The SMILES string of the molecule is CC(OC(=O)c1ccc(=O)n(C)n1)C(=O)c1ccc(Cl)cc1. The van der Waals surface area contributed by atoms with Crippen LogP contribution in [0.25, 0.3) is 0 Å². The number of ketones is 1. The first-order chi connectivity index (χ1) is 10.4. The van der Waals surface area contributed by atoms with Gasteiger partial charge in [0.05, 0.1) is 0 Å². The first-order valence-corrected chi connectivity index (χ1v) is 6.81. The lowest BCUT2D eigenvalue weighted by molar-refractivity contribution is 0.0310. The highest BCUT2D eigenvalue weighted by atomic mass is 35.5. The van der Waals surface area contributed by atoms with Crippen LogP contribution in [-0.4, -0.2) is 27.6 Å². The fourth-order valence-electron chi connectivity index (χ4n) is 1.73. The first kappa shape index (κ1) is 15.9. The number of carbonyl (C=O) groups is 2. The van der Waals surface area contributed by atoms with Crippen LogP contribution < -0.4 is 5.56 Å². The molecule has 0 bridgehead atoms. The lowest BCUT2D eigenvalue weighted by atomic mass is 10.1. The number of carbonyl (C=O) groups excluding carboxylic acids is 2. The number of aryl methyl sites for hydroxylation is 1. The van der Waals surface area contributed by atoms with Crippen molar-refractivity contribution < 1.29 is 14.3 Å². The van der Waals surface area contributed by atoms with Crippen LogP contribution in [-0.2, 0) is 11.8 Å². The highest BCUT2D eigenvalue weighted by Gasteiger charge is 2.21. The van der Waals surface area contributed by atoms with Gasteiger partial charge in [0.2, 0.25) is 5.78 Å². The summed E-state index contributed by atoms with van der Waals surface area (Å²) < 4.78 is 6.09. The third kappa shape index (κ3) is 3.59. The number of ether oxygens (including phenoxy) is 1. The van der Waals surface area contributed by atoms with E-state index in [1.807, 2.05) is 0 Å². The number of Topliss-reactive ketones (excluding diaryl/α,β-unsaturated/α-hetero) is 1. The summed E-state index contributed by atoms with van der Waals surface area (Å²) in [6.07, 6.45) is -0.979. The molecular weight excluding hydrogens is 308 g/mol. The van der Waals surface area contributed by atoms with Crippen molar-refractivity contribution in [3.05, 3.63) is 63.0 Å². The molecule has 0 saturated carbocycles. The summed E-state index contributed by atoms with van der Waals surface area (Å²) >= 11 is 5.76. The Bertz CT molecular complexity index is 768. The topological polar surface area (TPSA) is 78.3 Å². The monoisotopic (exact) mass is 320 g/mol. The van der Waals surface area contributed by atoms with Crippen LogP contribution in [0.2, 0.25) is 5.02 Å². The normalized spacial score (nSPS) is 11.8. The molecule has 1 unspecified atom stereocenters. The van der Waals surface area contributed by atoms with E-state index in [2.05, 4.69) is 5.10 Å². The Morgan fingerprint density at radius 3 is 2.41 bits per heavy atom. The standard InChI is InChI=1S/C15H13ClN2O4/c1-9(14(20)10-3-5-11(16)6-4-10)22-15(21)12-7-8-13(19)18(2)17-12/h3-9H,1-2H3. The molecule has 0 spiro atoms. The Balaban J connectivity index is 2.10. The van der Waals surface area contributed by atoms with Gasteiger partial charge in [-0.1, -0.05) is 11.6 Å². The van der Waals surface area contributed by atoms with Gasteiger partial charge in [0.1, 0.15) is 0 Å². The Hall–Kier alpha value is -2.47. The molecule has 0 aliphatic heterocycles. The molecule has 7 heteroatoms.